The zero-order valence-electron chi connectivity index (χ0n) is 12.2. The molecule has 0 radical (unpaired) electrons. The van der Waals surface area contributed by atoms with Crippen LogP contribution in [-0.2, 0) is 11.2 Å². The number of aromatic amines is 1. The van der Waals surface area contributed by atoms with E-state index >= 15 is 0 Å². The van der Waals surface area contributed by atoms with E-state index in [-0.39, 0.29) is 5.97 Å². The number of esters is 1. The fourth-order valence-corrected chi connectivity index (χ4v) is 2.38. The molecule has 0 aliphatic heterocycles. The summed E-state index contributed by atoms with van der Waals surface area (Å²) >= 11 is 0. The zero-order chi connectivity index (χ0) is 15.2. The number of hydrogen-bond donors (Lipinski definition) is 1. The lowest BCUT2D eigenvalue weighted by molar-refractivity contribution is 0.0510. The standard InChI is InChI=1S/C19H17NO2/c21-19(22-14-12-15-7-2-1-3-8-15)17-10-5-4-9-16(17)18-11-6-13-20-18/h1-11,13,20H,12,14H2. The maximum Gasteiger partial charge on any atom is 0.338 e. The first-order valence-electron chi connectivity index (χ1n) is 7.28. The molecule has 0 fully saturated rings. The molecular formula is C19H17NO2. The fourth-order valence-electron chi connectivity index (χ4n) is 2.38. The van der Waals surface area contributed by atoms with Gasteiger partial charge in [-0.15, -0.1) is 0 Å². The number of carbonyl (C=O) groups excluding carboxylic acids is 1. The van der Waals surface area contributed by atoms with Crippen LogP contribution in [0.2, 0.25) is 0 Å². The summed E-state index contributed by atoms with van der Waals surface area (Å²) in [6, 6.07) is 21.3. The average Bonchev–Trinajstić information content (AvgIpc) is 3.10. The quantitative estimate of drug-likeness (QED) is 0.720. The van der Waals surface area contributed by atoms with E-state index in [1.165, 1.54) is 0 Å². The number of H-pyrrole nitrogens is 1. The second kappa shape index (κ2) is 6.76. The lowest BCUT2D eigenvalue weighted by Crippen LogP contribution is -2.09. The van der Waals surface area contributed by atoms with E-state index in [0.29, 0.717) is 12.2 Å². The van der Waals surface area contributed by atoms with E-state index in [2.05, 4.69) is 4.98 Å². The summed E-state index contributed by atoms with van der Waals surface area (Å²) in [5, 5.41) is 0. The Balaban J connectivity index is 1.68. The van der Waals surface area contributed by atoms with Gasteiger partial charge in [0.15, 0.2) is 0 Å². The van der Waals surface area contributed by atoms with Crippen LogP contribution in [0.1, 0.15) is 15.9 Å². The van der Waals surface area contributed by atoms with Gasteiger partial charge >= 0.3 is 5.97 Å². The molecule has 22 heavy (non-hydrogen) atoms. The molecule has 0 spiro atoms. The van der Waals surface area contributed by atoms with Crippen molar-refractivity contribution in [3.05, 3.63) is 84.1 Å². The molecule has 3 heteroatoms. The Morgan fingerprint density at radius 3 is 2.45 bits per heavy atom. The van der Waals surface area contributed by atoms with Crippen LogP contribution in [0, 0.1) is 0 Å². The smallest absolute Gasteiger partial charge is 0.338 e. The van der Waals surface area contributed by atoms with Gasteiger partial charge in [0.25, 0.3) is 0 Å². The monoisotopic (exact) mass is 291 g/mol. The SMILES string of the molecule is O=C(OCCc1ccccc1)c1ccccc1-c1ccc[nH]1. The summed E-state index contributed by atoms with van der Waals surface area (Å²) in [4.78, 5) is 15.4. The first kappa shape index (κ1) is 14.1. The van der Waals surface area contributed by atoms with Crippen molar-refractivity contribution in [2.45, 2.75) is 6.42 Å². The van der Waals surface area contributed by atoms with Crippen LogP contribution in [-0.4, -0.2) is 17.6 Å². The topological polar surface area (TPSA) is 42.1 Å². The molecule has 1 aromatic heterocycles. The van der Waals surface area contributed by atoms with Crippen molar-refractivity contribution >= 4 is 5.97 Å². The molecule has 2 aromatic carbocycles. The second-order valence-corrected chi connectivity index (χ2v) is 5.00. The van der Waals surface area contributed by atoms with Crippen molar-refractivity contribution in [3.63, 3.8) is 0 Å². The molecule has 1 heterocycles. The van der Waals surface area contributed by atoms with Crippen LogP contribution in [0.3, 0.4) is 0 Å². The highest BCUT2D eigenvalue weighted by molar-refractivity contribution is 5.96. The van der Waals surface area contributed by atoms with Crippen molar-refractivity contribution < 1.29 is 9.53 Å². The number of hydrogen-bond acceptors (Lipinski definition) is 2. The van der Waals surface area contributed by atoms with Crippen LogP contribution >= 0.6 is 0 Å². The Labute approximate surface area is 129 Å². The minimum absolute atomic E-state index is 0.291. The van der Waals surface area contributed by atoms with Gasteiger partial charge in [0.1, 0.15) is 0 Å². The summed E-state index contributed by atoms with van der Waals surface area (Å²) in [7, 11) is 0. The van der Waals surface area contributed by atoms with E-state index in [1.54, 1.807) is 6.07 Å². The maximum atomic E-state index is 12.3. The van der Waals surface area contributed by atoms with Gasteiger partial charge in [-0.05, 0) is 23.8 Å². The van der Waals surface area contributed by atoms with Gasteiger partial charge in [-0.2, -0.15) is 0 Å². The van der Waals surface area contributed by atoms with Crippen molar-refractivity contribution in [2.24, 2.45) is 0 Å². The van der Waals surface area contributed by atoms with Gasteiger partial charge in [-0.3, -0.25) is 0 Å². The van der Waals surface area contributed by atoms with Crippen LogP contribution in [0.15, 0.2) is 72.9 Å². The molecule has 0 bridgehead atoms. The van der Waals surface area contributed by atoms with Crippen molar-refractivity contribution in [1.82, 2.24) is 4.98 Å². The normalized spacial score (nSPS) is 10.4. The predicted molar refractivity (Wildman–Crippen MR) is 86.7 cm³/mol. The Bertz CT molecular complexity index is 733. The third kappa shape index (κ3) is 3.26. The minimum atomic E-state index is -0.291. The number of aromatic nitrogens is 1. The van der Waals surface area contributed by atoms with Crippen LogP contribution in [0.4, 0.5) is 0 Å². The van der Waals surface area contributed by atoms with Crippen molar-refractivity contribution in [3.8, 4) is 11.3 Å². The molecule has 3 nitrogen and oxygen atoms in total. The molecule has 0 unspecified atom stereocenters. The molecule has 0 saturated carbocycles. The minimum Gasteiger partial charge on any atom is -0.462 e. The Morgan fingerprint density at radius 2 is 1.68 bits per heavy atom. The summed E-state index contributed by atoms with van der Waals surface area (Å²) in [6.07, 6.45) is 2.56. The number of benzene rings is 2. The number of carbonyl (C=O) groups is 1. The van der Waals surface area contributed by atoms with Gasteiger partial charge in [-0.25, -0.2) is 4.79 Å². The number of rotatable bonds is 5. The van der Waals surface area contributed by atoms with E-state index < -0.39 is 0 Å². The Morgan fingerprint density at radius 1 is 0.909 bits per heavy atom. The van der Waals surface area contributed by atoms with E-state index in [1.807, 2.05) is 66.9 Å². The van der Waals surface area contributed by atoms with Crippen LogP contribution in [0.5, 0.6) is 0 Å². The number of nitrogens with one attached hydrogen (secondary N) is 1. The second-order valence-electron chi connectivity index (χ2n) is 5.00. The molecular weight excluding hydrogens is 274 g/mol. The van der Waals surface area contributed by atoms with Gasteiger partial charge in [-0.1, -0.05) is 48.5 Å². The third-order valence-electron chi connectivity index (χ3n) is 3.50. The highest BCUT2D eigenvalue weighted by Crippen LogP contribution is 2.22. The lowest BCUT2D eigenvalue weighted by atomic mass is 10.1. The summed E-state index contributed by atoms with van der Waals surface area (Å²) in [5.41, 5.74) is 3.51. The largest absolute Gasteiger partial charge is 0.462 e. The lowest BCUT2D eigenvalue weighted by Gasteiger charge is -2.09. The van der Waals surface area contributed by atoms with E-state index in [0.717, 1.165) is 23.2 Å². The summed E-state index contributed by atoms with van der Waals surface area (Å²) in [6.45, 7) is 0.377. The van der Waals surface area contributed by atoms with Crippen molar-refractivity contribution in [2.75, 3.05) is 6.61 Å². The molecule has 3 aromatic rings. The van der Waals surface area contributed by atoms with Gasteiger partial charge < -0.3 is 9.72 Å². The third-order valence-corrected chi connectivity index (χ3v) is 3.50. The number of ether oxygens (including phenoxy) is 1. The Kier molecular flexibility index (Phi) is 4.35. The molecule has 0 aliphatic rings. The zero-order valence-corrected chi connectivity index (χ0v) is 12.2. The Hall–Kier alpha value is -2.81. The molecule has 110 valence electrons. The van der Waals surface area contributed by atoms with Crippen LogP contribution < -0.4 is 0 Å². The average molecular weight is 291 g/mol. The maximum absolute atomic E-state index is 12.3. The summed E-state index contributed by atoms with van der Waals surface area (Å²) < 4.78 is 5.42. The van der Waals surface area contributed by atoms with Gasteiger partial charge in [0.2, 0.25) is 0 Å². The van der Waals surface area contributed by atoms with Gasteiger partial charge in [0, 0.05) is 23.9 Å². The molecule has 0 amide bonds. The molecule has 0 atom stereocenters. The summed E-state index contributed by atoms with van der Waals surface area (Å²) in [5.74, 6) is -0.291. The first-order chi connectivity index (χ1) is 10.8. The highest BCUT2D eigenvalue weighted by atomic mass is 16.5. The highest BCUT2D eigenvalue weighted by Gasteiger charge is 2.13. The van der Waals surface area contributed by atoms with Gasteiger partial charge in [0.05, 0.1) is 12.2 Å². The van der Waals surface area contributed by atoms with E-state index in [4.69, 9.17) is 4.74 Å². The molecule has 1 N–H and O–H groups in total. The fraction of sp³-hybridized carbons (Fsp3) is 0.105. The molecule has 0 aliphatic carbocycles. The first-order valence-corrected chi connectivity index (χ1v) is 7.28. The molecule has 3 rings (SSSR count). The van der Waals surface area contributed by atoms with E-state index in [9.17, 15) is 4.79 Å². The van der Waals surface area contributed by atoms with Crippen molar-refractivity contribution in [1.29, 1.82) is 0 Å². The predicted octanol–water partition coefficient (Wildman–Crippen LogP) is 4.08. The van der Waals surface area contributed by atoms with Crippen LogP contribution in [0.25, 0.3) is 11.3 Å². The molecule has 0 saturated heterocycles.